The first-order valence-electron chi connectivity index (χ1n) is 28.5. The van der Waals surface area contributed by atoms with Crippen LogP contribution >= 0.6 is 0 Å². The molecule has 0 atom stereocenters. The summed E-state index contributed by atoms with van der Waals surface area (Å²) in [4.78, 5) is 2.60. The SMILES string of the molecule is c1ccc(-c2ccc(-c3ccc(-c4c(N(c5ccc(-c6ccc(-c7ccccc7)cc6)c(-c6ccccc6)c5)c5ccc6c(c5)C5(c7ccccc7-c7ccccc75)c5ccccc5-6)c5ccccc5c5ccccc45)cc3)cc2)cc1. The van der Waals surface area contributed by atoms with Crippen molar-refractivity contribution in [2.75, 3.05) is 4.90 Å². The minimum atomic E-state index is -0.533. The van der Waals surface area contributed by atoms with Gasteiger partial charge in [0.05, 0.1) is 11.1 Å². The van der Waals surface area contributed by atoms with E-state index < -0.39 is 5.41 Å². The molecule has 1 nitrogen and oxygen atoms in total. The van der Waals surface area contributed by atoms with Gasteiger partial charge in [-0.3, -0.25) is 0 Å². The lowest BCUT2D eigenvalue weighted by Gasteiger charge is -2.34. The van der Waals surface area contributed by atoms with E-state index in [0.29, 0.717) is 0 Å². The van der Waals surface area contributed by atoms with Gasteiger partial charge in [0.2, 0.25) is 0 Å². The van der Waals surface area contributed by atoms with Crippen LogP contribution in [0.4, 0.5) is 17.1 Å². The fourth-order valence-electron chi connectivity index (χ4n) is 13.8. The third-order valence-corrected chi connectivity index (χ3v) is 17.5. The lowest BCUT2D eigenvalue weighted by Crippen LogP contribution is -2.26. The van der Waals surface area contributed by atoms with Crippen LogP contribution in [-0.4, -0.2) is 0 Å². The third kappa shape index (κ3) is 7.48. The van der Waals surface area contributed by atoms with E-state index in [1.807, 2.05) is 0 Å². The highest BCUT2D eigenvalue weighted by Crippen LogP contribution is 2.64. The van der Waals surface area contributed by atoms with Crippen molar-refractivity contribution in [1.29, 1.82) is 0 Å². The lowest BCUT2D eigenvalue weighted by atomic mass is 9.70. The molecule has 0 aliphatic heterocycles. The van der Waals surface area contributed by atoms with E-state index in [-0.39, 0.29) is 0 Å². The second-order valence-corrected chi connectivity index (χ2v) is 21.8. The number of fused-ring (bicyclic) bond motifs is 13. The molecular formula is C81H53N. The van der Waals surface area contributed by atoms with Crippen LogP contribution in [0.25, 0.3) is 111 Å². The number of hydrogen-bond donors (Lipinski definition) is 0. The summed E-state index contributed by atoms with van der Waals surface area (Å²) in [7, 11) is 0. The molecule has 2 aliphatic rings. The zero-order valence-corrected chi connectivity index (χ0v) is 45.0. The van der Waals surface area contributed by atoms with E-state index in [2.05, 4.69) is 326 Å². The van der Waals surface area contributed by atoms with Crippen LogP contribution in [0.3, 0.4) is 0 Å². The summed E-state index contributed by atoms with van der Waals surface area (Å²) in [6.45, 7) is 0. The van der Waals surface area contributed by atoms with Crippen molar-refractivity contribution in [1.82, 2.24) is 0 Å². The topological polar surface area (TPSA) is 3.24 Å². The number of nitrogens with zero attached hydrogens (tertiary/aromatic N) is 1. The molecule has 14 aromatic rings. The van der Waals surface area contributed by atoms with Gasteiger partial charge in [0.15, 0.2) is 0 Å². The van der Waals surface area contributed by atoms with E-state index >= 15 is 0 Å². The van der Waals surface area contributed by atoms with Gasteiger partial charge in [-0.1, -0.05) is 297 Å². The smallest absolute Gasteiger partial charge is 0.0726 e. The first kappa shape index (κ1) is 47.4. The molecule has 0 bridgehead atoms. The fraction of sp³-hybridized carbons (Fsp3) is 0.0123. The van der Waals surface area contributed by atoms with Crippen LogP contribution < -0.4 is 4.90 Å². The molecule has 0 saturated heterocycles. The van der Waals surface area contributed by atoms with Crippen molar-refractivity contribution in [2.24, 2.45) is 0 Å². The van der Waals surface area contributed by atoms with E-state index in [1.54, 1.807) is 0 Å². The van der Waals surface area contributed by atoms with Gasteiger partial charge in [0, 0.05) is 22.3 Å². The van der Waals surface area contributed by atoms with Crippen molar-refractivity contribution < 1.29 is 0 Å². The Bertz CT molecular complexity index is 4690. The van der Waals surface area contributed by atoms with Crippen LogP contribution in [-0.2, 0) is 5.41 Å². The second-order valence-electron chi connectivity index (χ2n) is 21.8. The molecule has 1 heteroatoms. The second kappa shape index (κ2) is 19.3. The molecular weight excluding hydrogens is 987 g/mol. The van der Waals surface area contributed by atoms with Crippen molar-refractivity contribution in [3.8, 4) is 89.0 Å². The van der Waals surface area contributed by atoms with Crippen LogP contribution in [0.1, 0.15) is 22.3 Å². The van der Waals surface area contributed by atoms with Crippen molar-refractivity contribution in [3.63, 3.8) is 0 Å². The largest absolute Gasteiger partial charge is 0.309 e. The van der Waals surface area contributed by atoms with Crippen molar-refractivity contribution in [3.05, 3.63) is 344 Å². The molecule has 1 spiro atoms. The highest BCUT2D eigenvalue weighted by Gasteiger charge is 2.51. The highest BCUT2D eigenvalue weighted by molar-refractivity contribution is 6.22. The van der Waals surface area contributed by atoms with Gasteiger partial charge in [-0.25, -0.2) is 0 Å². The fourth-order valence-corrected chi connectivity index (χ4v) is 13.8. The van der Waals surface area contributed by atoms with Gasteiger partial charge in [-0.05, 0) is 146 Å². The first-order valence-corrected chi connectivity index (χ1v) is 28.5. The predicted molar refractivity (Wildman–Crippen MR) is 345 cm³/mol. The standard InChI is InChI=1S/C81H53N/c1-4-20-54(21-5-1)56-36-38-58(39-37-56)59-42-46-62(47-43-59)79-72-31-12-10-26-66(72)67-27-11-13-32-73(67)80(79)82(63-48-50-65(74(52-63)60-24-8-3-9-25-60)61-44-40-57(41-45-61)55-22-6-2-7-23-55)64-49-51-71-70-30-16-19-35-77(70)81(78(71)53-64)75-33-17-14-28-68(75)69-29-15-18-34-76(69)81/h1-53H. The summed E-state index contributed by atoms with van der Waals surface area (Å²) >= 11 is 0. The number of hydrogen-bond acceptors (Lipinski definition) is 1. The molecule has 0 saturated carbocycles. The lowest BCUT2D eigenvalue weighted by molar-refractivity contribution is 0.793. The maximum absolute atomic E-state index is 2.60. The Kier molecular flexibility index (Phi) is 11.2. The maximum Gasteiger partial charge on any atom is 0.0726 e. The summed E-state index contributed by atoms with van der Waals surface area (Å²) in [6, 6.07) is 120. The minimum Gasteiger partial charge on any atom is -0.309 e. The van der Waals surface area contributed by atoms with Crippen LogP contribution in [0.2, 0.25) is 0 Å². The number of benzene rings is 14. The maximum atomic E-state index is 2.60. The summed E-state index contributed by atoms with van der Waals surface area (Å²) in [5.74, 6) is 0. The van der Waals surface area contributed by atoms with E-state index in [0.717, 1.165) is 33.8 Å². The number of anilines is 3. The average Bonchev–Trinajstić information content (AvgIpc) is 2.57. The summed E-state index contributed by atoms with van der Waals surface area (Å²) in [6.07, 6.45) is 0. The van der Waals surface area contributed by atoms with Gasteiger partial charge in [0.1, 0.15) is 0 Å². The predicted octanol–water partition coefficient (Wildman–Crippen LogP) is 21.8. The molecule has 0 fully saturated rings. The average molecular weight is 1040 g/mol. The summed E-state index contributed by atoms with van der Waals surface area (Å²) in [5.41, 5.74) is 27.3. The Morgan fingerprint density at radius 1 is 0.195 bits per heavy atom. The molecule has 14 aromatic carbocycles. The summed E-state index contributed by atoms with van der Waals surface area (Å²) in [5, 5.41) is 4.80. The monoisotopic (exact) mass is 1040 g/mol. The zero-order valence-electron chi connectivity index (χ0n) is 45.0. The van der Waals surface area contributed by atoms with Crippen LogP contribution in [0.15, 0.2) is 322 Å². The highest BCUT2D eigenvalue weighted by atomic mass is 15.1. The van der Waals surface area contributed by atoms with Gasteiger partial charge in [0.25, 0.3) is 0 Å². The zero-order chi connectivity index (χ0) is 54.1. The normalized spacial score (nSPS) is 12.5. The minimum absolute atomic E-state index is 0.533. The molecule has 2 aliphatic carbocycles. The van der Waals surface area contributed by atoms with Crippen molar-refractivity contribution >= 4 is 38.6 Å². The van der Waals surface area contributed by atoms with Crippen molar-refractivity contribution in [2.45, 2.75) is 5.41 Å². The third-order valence-electron chi connectivity index (χ3n) is 17.5. The molecule has 0 heterocycles. The Morgan fingerprint density at radius 3 is 1.02 bits per heavy atom. The Labute approximate surface area is 479 Å². The van der Waals surface area contributed by atoms with Crippen LogP contribution in [0.5, 0.6) is 0 Å². The molecule has 0 amide bonds. The Hall–Kier alpha value is -10.6. The van der Waals surface area contributed by atoms with E-state index in [9.17, 15) is 0 Å². The quantitative estimate of drug-likeness (QED) is 0.130. The molecule has 0 radical (unpaired) electrons. The molecule has 16 rings (SSSR count). The molecule has 0 aromatic heterocycles. The molecule has 382 valence electrons. The van der Waals surface area contributed by atoms with Gasteiger partial charge in [-0.2, -0.15) is 0 Å². The van der Waals surface area contributed by atoms with E-state index in [4.69, 9.17) is 0 Å². The van der Waals surface area contributed by atoms with Crippen LogP contribution in [0, 0.1) is 0 Å². The first-order chi connectivity index (χ1) is 40.7. The molecule has 82 heavy (non-hydrogen) atoms. The summed E-state index contributed by atoms with van der Waals surface area (Å²) < 4.78 is 0. The molecule has 0 N–H and O–H groups in total. The molecule has 0 unspecified atom stereocenters. The van der Waals surface area contributed by atoms with E-state index in [1.165, 1.54) is 116 Å². The number of rotatable bonds is 9. The Morgan fingerprint density at radius 2 is 0.524 bits per heavy atom. The van der Waals surface area contributed by atoms with Gasteiger partial charge >= 0.3 is 0 Å². The Balaban J connectivity index is 0.963. The van der Waals surface area contributed by atoms with Gasteiger partial charge < -0.3 is 4.90 Å². The van der Waals surface area contributed by atoms with Gasteiger partial charge in [-0.15, -0.1) is 0 Å².